The predicted octanol–water partition coefficient (Wildman–Crippen LogP) is 2.86. The lowest BCUT2D eigenvalue weighted by molar-refractivity contribution is 0.0741. The summed E-state index contributed by atoms with van der Waals surface area (Å²) in [6.45, 7) is 7.30. The van der Waals surface area contributed by atoms with E-state index in [0.29, 0.717) is 11.7 Å². The quantitative estimate of drug-likeness (QED) is 0.939. The number of para-hydroxylation sites is 1. The molecule has 1 N–H and O–H groups in total. The lowest BCUT2D eigenvalue weighted by Crippen LogP contribution is -2.49. The highest BCUT2D eigenvalue weighted by molar-refractivity contribution is 5.92. The fourth-order valence-electron chi connectivity index (χ4n) is 2.91. The SMILES string of the molecule is CC(C)Nc1ccc(C(=O)N2CCN(c3ccccc3)CC2)nc1. The maximum Gasteiger partial charge on any atom is 0.272 e. The van der Waals surface area contributed by atoms with Crippen LogP contribution in [0.2, 0.25) is 0 Å². The van der Waals surface area contributed by atoms with Crippen molar-refractivity contribution in [2.75, 3.05) is 36.4 Å². The number of carbonyl (C=O) groups excluding carboxylic acids is 1. The number of anilines is 2. The molecule has 2 aromatic rings. The molecule has 126 valence electrons. The van der Waals surface area contributed by atoms with Crippen LogP contribution in [0.4, 0.5) is 11.4 Å². The zero-order valence-corrected chi connectivity index (χ0v) is 14.3. The van der Waals surface area contributed by atoms with Gasteiger partial charge < -0.3 is 15.1 Å². The largest absolute Gasteiger partial charge is 0.382 e. The molecule has 5 heteroatoms. The Morgan fingerprint density at radius 2 is 1.75 bits per heavy atom. The number of carbonyl (C=O) groups is 1. The molecule has 1 amide bonds. The van der Waals surface area contributed by atoms with E-state index in [0.717, 1.165) is 31.9 Å². The van der Waals surface area contributed by atoms with Gasteiger partial charge in [-0.3, -0.25) is 4.79 Å². The van der Waals surface area contributed by atoms with Crippen molar-refractivity contribution in [3.05, 3.63) is 54.4 Å². The van der Waals surface area contributed by atoms with Crippen molar-refractivity contribution in [1.82, 2.24) is 9.88 Å². The van der Waals surface area contributed by atoms with E-state index in [1.807, 2.05) is 29.2 Å². The number of nitrogens with zero attached hydrogens (tertiary/aromatic N) is 3. The third kappa shape index (κ3) is 3.85. The summed E-state index contributed by atoms with van der Waals surface area (Å²) in [6.07, 6.45) is 1.73. The third-order valence-corrected chi connectivity index (χ3v) is 4.13. The first-order valence-corrected chi connectivity index (χ1v) is 8.45. The Bertz CT molecular complexity index is 662. The molecule has 0 atom stereocenters. The van der Waals surface area contributed by atoms with Gasteiger partial charge >= 0.3 is 0 Å². The van der Waals surface area contributed by atoms with Crippen LogP contribution in [0.3, 0.4) is 0 Å². The first kappa shape index (κ1) is 16.3. The van der Waals surface area contributed by atoms with Crippen molar-refractivity contribution in [2.45, 2.75) is 19.9 Å². The molecule has 1 aromatic carbocycles. The number of pyridine rings is 1. The maximum atomic E-state index is 12.6. The molecule has 1 aliphatic heterocycles. The van der Waals surface area contributed by atoms with E-state index in [-0.39, 0.29) is 5.91 Å². The fraction of sp³-hybridized carbons (Fsp3) is 0.368. The number of amides is 1. The Hall–Kier alpha value is -2.56. The summed E-state index contributed by atoms with van der Waals surface area (Å²) in [7, 11) is 0. The van der Waals surface area contributed by atoms with E-state index in [1.54, 1.807) is 12.3 Å². The lowest BCUT2D eigenvalue weighted by atomic mass is 10.2. The zero-order valence-electron chi connectivity index (χ0n) is 14.3. The van der Waals surface area contributed by atoms with Gasteiger partial charge in [0.25, 0.3) is 5.91 Å². The van der Waals surface area contributed by atoms with Crippen LogP contribution < -0.4 is 10.2 Å². The summed E-state index contributed by atoms with van der Waals surface area (Å²) >= 11 is 0. The monoisotopic (exact) mass is 324 g/mol. The standard InChI is InChI=1S/C19H24N4O/c1-15(2)21-16-8-9-18(20-14-16)19(24)23-12-10-22(11-13-23)17-6-4-3-5-7-17/h3-9,14-15,21H,10-13H2,1-2H3. The van der Waals surface area contributed by atoms with Gasteiger partial charge in [-0.05, 0) is 38.1 Å². The Morgan fingerprint density at radius 3 is 2.33 bits per heavy atom. The molecule has 0 saturated carbocycles. The van der Waals surface area contributed by atoms with Gasteiger partial charge in [0.1, 0.15) is 5.69 Å². The molecule has 0 unspecified atom stereocenters. The summed E-state index contributed by atoms with van der Waals surface area (Å²) < 4.78 is 0. The van der Waals surface area contributed by atoms with Crippen LogP contribution >= 0.6 is 0 Å². The van der Waals surface area contributed by atoms with Gasteiger partial charge in [0.2, 0.25) is 0 Å². The van der Waals surface area contributed by atoms with Gasteiger partial charge in [0.15, 0.2) is 0 Å². The van der Waals surface area contributed by atoms with E-state index in [4.69, 9.17) is 0 Å². The molecular weight excluding hydrogens is 300 g/mol. The number of aromatic nitrogens is 1. The van der Waals surface area contributed by atoms with Crippen molar-refractivity contribution < 1.29 is 4.79 Å². The van der Waals surface area contributed by atoms with E-state index in [1.165, 1.54) is 5.69 Å². The van der Waals surface area contributed by atoms with Crippen molar-refractivity contribution >= 4 is 17.3 Å². The van der Waals surface area contributed by atoms with Crippen LogP contribution in [-0.2, 0) is 0 Å². The average molecular weight is 324 g/mol. The number of rotatable bonds is 4. The minimum Gasteiger partial charge on any atom is -0.382 e. The topological polar surface area (TPSA) is 48.5 Å². The molecule has 0 spiro atoms. The molecule has 1 saturated heterocycles. The summed E-state index contributed by atoms with van der Waals surface area (Å²) in [6, 6.07) is 14.4. The molecule has 3 rings (SSSR count). The lowest BCUT2D eigenvalue weighted by Gasteiger charge is -2.36. The molecule has 2 heterocycles. The van der Waals surface area contributed by atoms with Crippen molar-refractivity contribution in [3.8, 4) is 0 Å². The Balaban J connectivity index is 1.59. The van der Waals surface area contributed by atoms with E-state index < -0.39 is 0 Å². The molecule has 0 bridgehead atoms. The molecule has 0 aliphatic carbocycles. The minimum absolute atomic E-state index is 0.0128. The molecule has 1 aliphatic rings. The van der Waals surface area contributed by atoms with Crippen LogP contribution in [-0.4, -0.2) is 48.0 Å². The summed E-state index contributed by atoms with van der Waals surface area (Å²) in [5, 5.41) is 3.28. The van der Waals surface area contributed by atoms with Gasteiger partial charge in [-0.1, -0.05) is 18.2 Å². The Kier molecular flexibility index (Phi) is 4.99. The van der Waals surface area contributed by atoms with Crippen LogP contribution in [0.5, 0.6) is 0 Å². The highest BCUT2D eigenvalue weighted by Crippen LogP contribution is 2.17. The predicted molar refractivity (Wildman–Crippen MR) is 97.6 cm³/mol. The number of hydrogen-bond donors (Lipinski definition) is 1. The number of nitrogens with one attached hydrogen (secondary N) is 1. The first-order chi connectivity index (χ1) is 11.6. The van der Waals surface area contributed by atoms with E-state index in [2.05, 4.69) is 41.2 Å². The van der Waals surface area contributed by atoms with E-state index in [9.17, 15) is 4.79 Å². The maximum absolute atomic E-state index is 12.6. The fourth-order valence-corrected chi connectivity index (χ4v) is 2.91. The number of benzene rings is 1. The molecule has 1 fully saturated rings. The van der Waals surface area contributed by atoms with Crippen molar-refractivity contribution in [1.29, 1.82) is 0 Å². The summed E-state index contributed by atoms with van der Waals surface area (Å²) in [4.78, 5) is 21.1. The molecule has 5 nitrogen and oxygen atoms in total. The summed E-state index contributed by atoms with van der Waals surface area (Å²) in [5.41, 5.74) is 2.67. The Labute approximate surface area is 143 Å². The second kappa shape index (κ2) is 7.34. The third-order valence-electron chi connectivity index (χ3n) is 4.13. The van der Waals surface area contributed by atoms with E-state index >= 15 is 0 Å². The first-order valence-electron chi connectivity index (χ1n) is 8.45. The van der Waals surface area contributed by atoms with Crippen LogP contribution in [0.15, 0.2) is 48.7 Å². The van der Waals surface area contributed by atoms with Gasteiger partial charge in [-0.15, -0.1) is 0 Å². The molecule has 24 heavy (non-hydrogen) atoms. The summed E-state index contributed by atoms with van der Waals surface area (Å²) in [5.74, 6) is 0.0128. The van der Waals surface area contributed by atoms with Gasteiger partial charge in [-0.2, -0.15) is 0 Å². The normalized spacial score (nSPS) is 14.8. The van der Waals surface area contributed by atoms with Crippen LogP contribution in [0.1, 0.15) is 24.3 Å². The second-order valence-corrected chi connectivity index (χ2v) is 6.35. The second-order valence-electron chi connectivity index (χ2n) is 6.35. The van der Waals surface area contributed by atoms with Crippen LogP contribution in [0.25, 0.3) is 0 Å². The Morgan fingerprint density at radius 1 is 1.04 bits per heavy atom. The smallest absolute Gasteiger partial charge is 0.272 e. The minimum atomic E-state index is 0.0128. The van der Waals surface area contributed by atoms with Crippen molar-refractivity contribution in [2.24, 2.45) is 0 Å². The highest BCUT2D eigenvalue weighted by atomic mass is 16.2. The molecule has 0 radical (unpaired) electrons. The number of piperazine rings is 1. The molecular formula is C19H24N4O. The van der Waals surface area contributed by atoms with Gasteiger partial charge in [0.05, 0.1) is 11.9 Å². The van der Waals surface area contributed by atoms with Crippen molar-refractivity contribution in [3.63, 3.8) is 0 Å². The van der Waals surface area contributed by atoms with Gasteiger partial charge in [-0.25, -0.2) is 4.98 Å². The average Bonchev–Trinajstić information content (AvgIpc) is 2.62. The van der Waals surface area contributed by atoms with Crippen LogP contribution in [0, 0.1) is 0 Å². The molecule has 1 aromatic heterocycles. The number of hydrogen-bond acceptors (Lipinski definition) is 4. The van der Waals surface area contributed by atoms with Gasteiger partial charge in [0, 0.05) is 37.9 Å². The highest BCUT2D eigenvalue weighted by Gasteiger charge is 2.23. The zero-order chi connectivity index (χ0) is 16.9.